The van der Waals surface area contributed by atoms with Gasteiger partial charge >= 0.3 is 0 Å². The average molecular weight is 292 g/mol. The van der Waals surface area contributed by atoms with E-state index in [4.69, 9.17) is 9.47 Å². The van der Waals surface area contributed by atoms with Crippen molar-refractivity contribution in [1.29, 1.82) is 0 Å². The maximum absolute atomic E-state index is 13.5. The second-order valence-electron chi connectivity index (χ2n) is 4.43. The van der Waals surface area contributed by atoms with Crippen LogP contribution in [0.2, 0.25) is 0 Å². The van der Waals surface area contributed by atoms with Crippen molar-refractivity contribution >= 4 is 5.78 Å². The van der Waals surface area contributed by atoms with Crippen LogP contribution in [0.4, 0.5) is 8.78 Å². The summed E-state index contributed by atoms with van der Waals surface area (Å²) in [5.41, 5.74) is 0.403. The summed E-state index contributed by atoms with van der Waals surface area (Å²) in [6, 6.07) is 9.30. The molecule has 0 aliphatic rings. The van der Waals surface area contributed by atoms with Gasteiger partial charge in [0.25, 0.3) is 0 Å². The molecule has 3 nitrogen and oxygen atoms in total. The summed E-state index contributed by atoms with van der Waals surface area (Å²) in [5.74, 6) is -1.34. The monoisotopic (exact) mass is 292 g/mol. The topological polar surface area (TPSA) is 35.5 Å². The smallest absolute Gasteiger partial charge is 0.202 e. The molecule has 0 saturated heterocycles. The van der Waals surface area contributed by atoms with Crippen LogP contribution in [0.3, 0.4) is 0 Å². The fourth-order valence-corrected chi connectivity index (χ4v) is 1.80. The van der Waals surface area contributed by atoms with Gasteiger partial charge in [0.15, 0.2) is 17.7 Å². The first-order chi connectivity index (χ1) is 10.0. The summed E-state index contributed by atoms with van der Waals surface area (Å²) in [6.45, 7) is 1.48. The number of ether oxygens (including phenoxy) is 2. The van der Waals surface area contributed by atoms with Crippen molar-refractivity contribution in [3.63, 3.8) is 0 Å². The Kier molecular flexibility index (Phi) is 4.52. The molecule has 2 aromatic rings. The third kappa shape index (κ3) is 3.56. The van der Waals surface area contributed by atoms with Gasteiger partial charge in [-0.05, 0) is 43.3 Å². The molecule has 0 aliphatic heterocycles. The van der Waals surface area contributed by atoms with Crippen LogP contribution in [0.1, 0.15) is 17.3 Å². The lowest BCUT2D eigenvalue weighted by Crippen LogP contribution is -2.24. The van der Waals surface area contributed by atoms with Crippen LogP contribution < -0.4 is 9.47 Å². The number of Topliss-reactive ketones (excluding diaryl/α,β-unsaturated/α-hetero) is 1. The van der Waals surface area contributed by atoms with E-state index < -0.39 is 17.7 Å². The molecule has 1 atom stereocenters. The predicted octanol–water partition coefficient (Wildman–Crippen LogP) is 3.62. The van der Waals surface area contributed by atoms with E-state index in [-0.39, 0.29) is 11.5 Å². The van der Waals surface area contributed by atoms with Gasteiger partial charge in [-0.25, -0.2) is 8.78 Å². The van der Waals surface area contributed by atoms with Gasteiger partial charge in [0.1, 0.15) is 11.6 Å². The summed E-state index contributed by atoms with van der Waals surface area (Å²) in [7, 11) is 1.52. The Balaban J connectivity index is 2.13. The van der Waals surface area contributed by atoms with Crippen LogP contribution in [-0.4, -0.2) is 19.0 Å². The Morgan fingerprint density at radius 1 is 1.10 bits per heavy atom. The summed E-state index contributed by atoms with van der Waals surface area (Å²) in [6.07, 6.45) is -0.935. The van der Waals surface area contributed by atoms with Gasteiger partial charge in [-0.3, -0.25) is 4.79 Å². The number of benzene rings is 2. The number of carbonyl (C=O) groups is 1. The van der Waals surface area contributed by atoms with E-state index in [9.17, 15) is 13.6 Å². The van der Waals surface area contributed by atoms with Gasteiger partial charge in [0, 0.05) is 11.6 Å². The largest absolute Gasteiger partial charge is 0.497 e. The van der Waals surface area contributed by atoms with E-state index in [1.165, 1.54) is 14.0 Å². The number of hydrogen-bond donors (Lipinski definition) is 0. The fourth-order valence-electron chi connectivity index (χ4n) is 1.80. The molecule has 0 amide bonds. The van der Waals surface area contributed by atoms with E-state index in [0.29, 0.717) is 11.3 Å². The molecule has 0 bridgehead atoms. The Bertz CT molecular complexity index is 638. The van der Waals surface area contributed by atoms with Crippen molar-refractivity contribution < 1.29 is 23.0 Å². The minimum Gasteiger partial charge on any atom is -0.497 e. The minimum absolute atomic E-state index is 0.288. The van der Waals surface area contributed by atoms with Gasteiger partial charge in [-0.2, -0.15) is 0 Å². The van der Waals surface area contributed by atoms with Gasteiger partial charge in [0.05, 0.1) is 7.11 Å². The first-order valence-electron chi connectivity index (χ1n) is 6.31. The normalized spacial score (nSPS) is 11.8. The van der Waals surface area contributed by atoms with Crippen LogP contribution in [0, 0.1) is 11.6 Å². The lowest BCUT2D eigenvalue weighted by atomic mass is 10.1. The van der Waals surface area contributed by atoms with Crippen LogP contribution >= 0.6 is 0 Å². The zero-order chi connectivity index (χ0) is 15.4. The highest BCUT2D eigenvalue weighted by molar-refractivity contribution is 5.99. The SMILES string of the molecule is COc1ccc(C(=O)C(C)Oc2cc(F)ccc2F)cc1. The van der Waals surface area contributed by atoms with Gasteiger partial charge in [-0.15, -0.1) is 0 Å². The lowest BCUT2D eigenvalue weighted by molar-refractivity contribution is 0.0811. The molecule has 0 aromatic heterocycles. The molecule has 0 spiro atoms. The molecule has 110 valence electrons. The van der Waals surface area contributed by atoms with E-state index in [2.05, 4.69) is 0 Å². The summed E-state index contributed by atoms with van der Waals surface area (Å²) >= 11 is 0. The molecule has 2 rings (SSSR count). The number of halogens is 2. The first kappa shape index (κ1) is 15.0. The molecule has 1 unspecified atom stereocenters. The van der Waals surface area contributed by atoms with Crippen molar-refractivity contribution in [2.45, 2.75) is 13.0 Å². The molecule has 0 heterocycles. The molecular formula is C16H14F2O3. The van der Waals surface area contributed by atoms with Crippen LogP contribution in [0.5, 0.6) is 11.5 Å². The van der Waals surface area contributed by atoms with E-state index in [1.807, 2.05) is 0 Å². The Morgan fingerprint density at radius 2 is 1.76 bits per heavy atom. The summed E-state index contributed by atoms with van der Waals surface area (Å²) in [5, 5.41) is 0. The minimum atomic E-state index is -0.935. The molecule has 2 aromatic carbocycles. The standard InChI is InChI=1S/C16H14F2O3/c1-10(21-15-9-12(17)5-8-14(15)18)16(19)11-3-6-13(20-2)7-4-11/h3-10H,1-2H3. The molecule has 21 heavy (non-hydrogen) atoms. The number of carbonyl (C=O) groups excluding carboxylic acids is 1. The number of methoxy groups -OCH3 is 1. The summed E-state index contributed by atoms with van der Waals surface area (Å²) < 4.78 is 36.7. The molecule has 5 heteroatoms. The Labute approximate surface area is 121 Å². The quantitative estimate of drug-likeness (QED) is 0.790. The predicted molar refractivity (Wildman–Crippen MR) is 73.8 cm³/mol. The first-order valence-corrected chi connectivity index (χ1v) is 6.31. The Hall–Kier alpha value is -2.43. The van der Waals surface area contributed by atoms with Crippen molar-refractivity contribution in [3.8, 4) is 11.5 Å². The zero-order valence-electron chi connectivity index (χ0n) is 11.6. The highest BCUT2D eigenvalue weighted by Crippen LogP contribution is 2.21. The maximum atomic E-state index is 13.5. The molecule has 0 N–H and O–H groups in total. The van der Waals surface area contributed by atoms with Crippen LogP contribution in [0.15, 0.2) is 42.5 Å². The number of rotatable bonds is 5. The lowest BCUT2D eigenvalue weighted by Gasteiger charge is -2.14. The van der Waals surface area contributed by atoms with Crippen molar-refractivity contribution in [2.24, 2.45) is 0 Å². The molecule has 0 saturated carbocycles. The molecule has 0 aliphatic carbocycles. The third-order valence-corrected chi connectivity index (χ3v) is 2.94. The van der Waals surface area contributed by atoms with Crippen molar-refractivity contribution in [3.05, 3.63) is 59.7 Å². The molecule has 0 radical (unpaired) electrons. The fraction of sp³-hybridized carbons (Fsp3) is 0.188. The average Bonchev–Trinajstić information content (AvgIpc) is 2.50. The number of hydrogen-bond acceptors (Lipinski definition) is 3. The van der Waals surface area contributed by atoms with E-state index >= 15 is 0 Å². The van der Waals surface area contributed by atoms with Crippen molar-refractivity contribution in [2.75, 3.05) is 7.11 Å². The maximum Gasteiger partial charge on any atom is 0.202 e. The van der Waals surface area contributed by atoms with Gasteiger partial charge in [0.2, 0.25) is 5.78 Å². The Morgan fingerprint density at radius 3 is 2.38 bits per heavy atom. The summed E-state index contributed by atoms with van der Waals surface area (Å²) in [4.78, 5) is 12.2. The van der Waals surface area contributed by atoms with Crippen LogP contribution in [-0.2, 0) is 0 Å². The van der Waals surface area contributed by atoms with Crippen LogP contribution in [0.25, 0.3) is 0 Å². The van der Waals surface area contributed by atoms with Gasteiger partial charge < -0.3 is 9.47 Å². The second-order valence-corrected chi connectivity index (χ2v) is 4.43. The van der Waals surface area contributed by atoms with E-state index in [1.54, 1.807) is 24.3 Å². The third-order valence-electron chi connectivity index (χ3n) is 2.94. The van der Waals surface area contributed by atoms with E-state index in [0.717, 1.165) is 18.2 Å². The molecule has 0 fully saturated rings. The van der Waals surface area contributed by atoms with Crippen molar-refractivity contribution in [1.82, 2.24) is 0 Å². The second kappa shape index (κ2) is 6.35. The molecular weight excluding hydrogens is 278 g/mol. The zero-order valence-corrected chi connectivity index (χ0v) is 11.6. The highest BCUT2D eigenvalue weighted by Gasteiger charge is 2.19. The highest BCUT2D eigenvalue weighted by atomic mass is 19.1. The number of ketones is 1. The van der Waals surface area contributed by atoms with Gasteiger partial charge in [-0.1, -0.05) is 0 Å².